The minimum atomic E-state index is 0.121. The van der Waals surface area contributed by atoms with E-state index in [1.54, 1.807) is 18.4 Å². The fraction of sp³-hybridized carbons (Fsp3) is 0.370. The number of thiophene rings is 1. The van der Waals surface area contributed by atoms with Gasteiger partial charge in [0.15, 0.2) is 5.65 Å². The van der Waals surface area contributed by atoms with Gasteiger partial charge in [0.05, 0.1) is 19.9 Å². The lowest BCUT2D eigenvalue weighted by Crippen LogP contribution is -2.30. The average Bonchev–Trinajstić information content (AvgIpc) is 3.48. The van der Waals surface area contributed by atoms with Crippen LogP contribution in [0.2, 0.25) is 0 Å². The molecule has 0 radical (unpaired) electrons. The summed E-state index contributed by atoms with van der Waals surface area (Å²) in [6.45, 7) is 9.45. The topological polar surface area (TPSA) is 60.2 Å². The molecule has 0 saturated carbocycles. The standard InChI is InChI=1S/C27H32N4O2S/c1-18(2)31-27-24(15-28-31)19(3)23(20(4)29-27)12-13-26(32)30(17-22-10-8-14-34-22)16-21-9-6-7-11-25(21)33-5/h6-11,14-15,18H,12-13,16-17H2,1-5H3. The van der Waals surface area contributed by atoms with Crippen molar-refractivity contribution in [2.24, 2.45) is 0 Å². The van der Waals surface area contributed by atoms with Crippen molar-refractivity contribution >= 4 is 28.3 Å². The van der Waals surface area contributed by atoms with E-state index in [2.05, 4.69) is 31.9 Å². The van der Waals surface area contributed by atoms with E-state index in [1.165, 1.54) is 4.88 Å². The third-order valence-electron chi connectivity index (χ3n) is 6.25. The Balaban J connectivity index is 1.56. The van der Waals surface area contributed by atoms with E-state index < -0.39 is 0 Å². The van der Waals surface area contributed by atoms with E-state index in [-0.39, 0.29) is 11.9 Å². The van der Waals surface area contributed by atoms with Gasteiger partial charge in [0.2, 0.25) is 5.91 Å². The lowest BCUT2D eigenvalue weighted by molar-refractivity contribution is -0.132. The number of pyridine rings is 1. The molecule has 0 aliphatic carbocycles. The second-order valence-electron chi connectivity index (χ2n) is 8.86. The largest absolute Gasteiger partial charge is 0.496 e. The predicted molar refractivity (Wildman–Crippen MR) is 137 cm³/mol. The molecule has 0 aliphatic heterocycles. The number of rotatable bonds is 9. The number of hydrogen-bond donors (Lipinski definition) is 0. The number of aromatic nitrogens is 3. The van der Waals surface area contributed by atoms with Gasteiger partial charge < -0.3 is 9.64 Å². The van der Waals surface area contributed by atoms with E-state index in [9.17, 15) is 4.79 Å². The Morgan fingerprint density at radius 3 is 2.65 bits per heavy atom. The third-order valence-corrected chi connectivity index (χ3v) is 7.11. The van der Waals surface area contributed by atoms with Gasteiger partial charge in [-0.3, -0.25) is 4.79 Å². The smallest absolute Gasteiger partial charge is 0.223 e. The molecule has 0 saturated heterocycles. The van der Waals surface area contributed by atoms with Gasteiger partial charge in [0, 0.05) is 40.5 Å². The van der Waals surface area contributed by atoms with Gasteiger partial charge >= 0.3 is 0 Å². The maximum Gasteiger partial charge on any atom is 0.223 e. The maximum atomic E-state index is 13.5. The molecule has 0 aliphatic rings. The van der Waals surface area contributed by atoms with E-state index in [4.69, 9.17) is 9.72 Å². The van der Waals surface area contributed by atoms with E-state index in [1.807, 2.05) is 58.4 Å². The Kier molecular flexibility index (Phi) is 7.32. The average molecular weight is 477 g/mol. The first-order valence-corrected chi connectivity index (χ1v) is 12.5. The molecule has 4 aromatic rings. The molecule has 178 valence electrons. The van der Waals surface area contributed by atoms with Crippen molar-refractivity contribution in [1.29, 1.82) is 0 Å². The van der Waals surface area contributed by atoms with Crippen molar-refractivity contribution in [3.63, 3.8) is 0 Å². The summed E-state index contributed by atoms with van der Waals surface area (Å²) in [7, 11) is 1.67. The predicted octanol–water partition coefficient (Wildman–Crippen LogP) is 5.86. The van der Waals surface area contributed by atoms with E-state index >= 15 is 0 Å². The third kappa shape index (κ3) is 4.99. The number of nitrogens with zero attached hydrogens (tertiary/aromatic N) is 4. The summed E-state index contributed by atoms with van der Waals surface area (Å²) in [6.07, 6.45) is 2.97. The molecule has 0 fully saturated rings. The second-order valence-corrected chi connectivity index (χ2v) is 9.89. The lowest BCUT2D eigenvalue weighted by Gasteiger charge is -2.24. The summed E-state index contributed by atoms with van der Waals surface area (Å²) in [5.41, 5.74) is 5.19. The molecule has 34 heavy (non-hydrogen) atoms. The molecule has 0 unspecified atom stereocenters. The van der Waals surface area contributed by atoms with Crippen LogP contribution in [0.25, 0.3) is 11.0 Å². The van der Waals surface area contributed by atoms with Crippen LogP contribution in [-0.4, -0.2) is 32.7 Å². The molecular formula is C27H32N4O2S. The number of benzene rings is 1. The van der Waals surface area contributed by atoms with E-state index in [0.29, 0.717) is 25.9 Å². The fourth-order valence-electron chi connectivity index (χ4n) is 4.39. The van der Waals surface area contributed by atoms with Crippen molar-refractivity contribution in [3.05, 3.63) is 75.2 Å². The van der Waals surface area contributed by atoms with Crippen molar-refractivity contribution in [2.75, 3.05) is 7.11 Å². The summed E-state index contributed by atoms with van der Waals surface area (Å²) in [4.78, 5) is 21.4. The van der Waals surface area contributed by atoms with Crippen LogP contribution >= 0.6 is 11.3 Å². The molecule has 1 aromatic carbocycles. The number of methoxy groups -OCH3 is 1. The minimum absolute atomic E-state index is 0.121. The SMILES string of the molecule is COc1ccccc1CN(Cc1cccs1)C(=O)CCc1c(C)nc2c(cnn2C(C)C)c1C. The second kappa shape index (κ2) is 10.4. The summed E-state index contributed by atoms with van der Waals surface area (Å²) in [5, 5.41) is 7.64. The molecule has 3 heterocycles. The maximum absolute atomic E-state index is 13.5. The van der Waals surface area contributed by atoms with Gasteiger partial charge in [-0.15, -0.1) is 11.3 Å². The monoisotopic (exact) mass is 476 g/mol. The first-order valence-electron chi connectivity index (χ1n) is 11.6. The number of fused-ring (bicyclic) bond motifs is 1. The highest BCUT2D eigenvalue weighted by molar-refractivity contribution is 7.09. The normalized spacial score (nSPS) is 11.4. The van der Waals surface area contributed by atoms with Crippen LogP contribution in [0.3, 0.4) is 0 Å². The van der Waals surface area contributed by atoms with Crippen LogP contribution in [0.1, 0.15) is 53.6 Å². The van der Waals surface area contributed by atoms with Gasteiger partial charge in [0.1, 0.15) is 5.75 Å². The molecule has 4 rings (SSSR count). The van der Waals surface area contributed by atoms with Crippen molar-refractivity contribution in [1.82, 2.24) is 19.7 Å². The van der Waals surface area contributed by atoms with Crippen molar-refractivity contribution < 1.29 is 9.53 Å². The first kappa shape index (κ1) is 24.0. The van der Waals surface area contributed by atoms with Crippen LogP contribution in [0.15, 0.2) is 48.0 Å². The number of amides is 1. The van der Waals surface area contributed by atoms with Gasteiger partial charge in [-0.25, -0.2) is 9.67 Å². The van der Waals surface area contributed by atoms with Crippen molar-refractivity contribution in [2.45, 2.75) is 59.7 Å². The van der Waals surface area contributed by atoms with E-state index in [0.717, 1.165) is 39.2 Å². The Morgan fingerprint density at radius 1 is 1.15 bits per heavy atom. The number of hydrogen-bond acceptors (Lipinski definition) is 5. The highest BCUT2D eigenvalue weighted by atomic mass is 32.1. The molecule has 6 nitrogen and oxygen atoms in total. The molecular weight excluding hydrogens is 444 g/mol. The number of para-hydroxylation sites is 1. The molecule has 0 N–H and O–H groups in total. The quantitative estimate of drug-likeness (QED) is 0.304. The summed E-state index contributed by atoms with van der Waals surface area (Å²) >= 11 is 1.67. The number of ether oxygens (including phenoxy) is 1. The molecule has 0 spiro atoms. The van der Waals surface area contributed by atoms with Crippen LogP contribution < -0.4 is 4.74 Å². The van der Waals surface area contributed by atoms with Crippen LogP contribution in [0, 0.1) is 13.8 Å². The number of aryl methyl sites for hydroxylation is 2. The minimum Gasteiger partial charge on any atom is -0.496 e. The number of carbonyl (C=O) groups is 1. The Bertz CT molecular complexity index is 1280. The molecule has 0 bridgehead atoms. The Labute approximate surface area is 205 Å². The van der Waals surface area contributed by atoms with Gasteiger partial charge in [-0.05, 0) is 62.8 Å². The fourth-order valence-corrected chi connectivity index (χ4v) is 5.11. The molecule has 7 heteroatoms. The highest BCUT2D eigenvalue weighted by Crippen LogP contribution is 2.26. The summed E-state index contributed by atoms with van der Waals surface area (Å²) in [5.74, 6) is 0.922. The van der Waals surface area contributed by atoms with Gasteiger partial charge in [0.25, 0.3) is 0 Å². The molecule has 3 aromatic heterocycles. The molecule has 1 amide bonds. The van der Waals surface area contributed by atoms with Gasteiger partial charge in [-0.2, -0.15) is 5.10 Å². The Morgan fingerprint density at radius 2 is 1.94 bits per heavy atom. The summed E-state index contributed by atoms with van der Waals surface area (Å²) in [6, 6.07) is 12.2. The van der Waals surface area contributed by atoms with Crippen molar-refractivity contribution in [3.8, 4) is 5.75 Å². The van der Waals surface area contributed by atoms with Crippen LogP contribution in [-0.2, 0) is 24.3 Å². The Hall–Kier alpha value is -3.19. The zero-order chi connectivity index (χ0) is 24.2. The lowest BCUT2D eigenvalue weighted by atomic mass is 10.00. The summed E-state index contributed by atoms with van der Waals surface area (Å²) < 4.78 is 7.49. The van der Waals surface area contributed by atoms with Gasteiger partial charge in [-0.1, -0.05) is 24.3 Å². The highest BCUT2D eigenvalue weighted by Gasteiger charge is 2.20. The first-order chi connectivity index (χ1) is 16.4. The van der Waals surface area contributed by atoms with Crippen LogP contribution in [0.5, 0.6) is 5.75 Å². The zero-order valence-electron chi connectivity index (χ0n) is 20.5. The number of carbonyl (C=O) groups excluding carboxylic acids is 1. The molecule has 0 atom stereocenters. The zero-order valence-corrected chi connectivity index (χ0v) is 21.4. The van der Waals surface area contributed by atoms with Crippen LogP contribution in [0.4, 0.5) is 0 Å².